The molecule has 0 fully saturated rings. The summed E-state index contributed by atoms with van der Waals surface area (Å²) in [4.78, 5) is 13.1. The van der Waals surface area contributed by atoms with E-state index in [1.165, 1.54) is 5.48 Å². The van der Waals surface area contributed by atoms with Gasteiger partial charge in [0.1, 0.15) is 0 Å². The molecule has 0 heterocycles. The second kappa shape index (κ2) is 3.31. The van der Waals surface area contributed by atoms with Crippen molar-refractivity contribution < 1.29 is 18.4 Å². The number of rotatable bonds is 2. The molecule has 0 aromatic heterocycles. The third-order valence-electron chi connectivity index (χ3n) is 0.292. The topological polar surface area (TPSA) is 38.3 Å². The summed E-state index contributed by atoms with van der Waals surface area (Å²) in [6.45, 7) is -1.87. The minimum absolute atomic E-state index is 0.648. The van der Waals surface area contributed by atoms with Crippen LogP contribution >= 0.6 is 0 Å². The zero-order valence-corrected chi connectivity index (χ0v) is 4.15. The molecule has 0 aromatic carbocycles. The summed E-state index contributed by atoms with van der Waals surface area (Å²) in [5.41, 5.74) is 1.46. The maximum Gasteiger partial charge on any atom is 0.364 e. The lowest BCUT2D eigenvalue weighted by atomic mass is 10.8. The summed E-state index contributed by atoms with van der Waals surface area (Å²) in [5.74, 6) is -0.648. The zero-order valence-electron chi connectivity index (χ0n) is 4.15. The Hall–Kier alpha value is -0.710. The number of halogens is 2. The van der Waals surface area contributed by atoms with E-state index in [2.05, 4.69) is 4.84 Å². The monoisotopic (exact) mass is 125 g/mol. The Balaban J connectivity index is 3.05. The number of alkyl halides is 2. The van der Waals surface area contributed by atoms with Gasteiger partial charge >= 0.3 is 6.61 Å². The molecule has 0 aliphatic rings. The Morgan fingerprint density at radius 2 is 2.25 bits per heavy atom. The number of nitrogens with one attached hydrogen (secondary N) is 1. The highest BCUT2D eigenvalue weighted by atomic mass is 19.3. The summed E-state index contributed by atoms with van der Waals surface area (Å²) in [6.07, 6.45) is 0. The van der Waals surface area contributed by atoms with Crippen molar-refractivity contribution in [2.45, 2.75) is 13.5 Å². The molecule has 0 atom stereocenters. The van der Waals surface area contributed by atoms with Gasteiger partial charge in [0.2, 0.25) is 5.91 Å². The molecule has 0 aromatic rings. The molecular weight excluding hydrogens is 120 g/mol. The number of amides is 1. The van der Waals surface area contributed by atoms with Crippen molar-refractivity contribution in [1.29, 1.82) is 0 Å². The fourth-order valence-corrected chi connectivity index (χ4v) is 0.128. The lowest BCUT2D eigenvalue weighted by molar-refractivity contribution is -0.182. The fraction of sp³-hybridized carbons (Fsp3) is 0.667. The van der Waals surface area contributed by atoms with Crippen LogP contribution in [0, 0.1) is 0 Å². The van der Waals surface area contributed by atoms with E-state index in [0.717, 1.165) is 6.92 Å². The van der Waals surface area contributed by atoms with E-state index in [1.807, 2.05) is 0 Å². The molecule has 0 unspecified atom stereocenters. The molecule has 3 nitrogen and oxygen atoms in total. The molecule has 0 saturated carbocycles. The molecule has 8 heavy (non-hydrogen) atoms. The Morgan fingerprint density at radius 3 is 2.38 bits per heavy atom. The molecule has 5 heteroatoms. The van der Waals surface area contributed by atoms with Crippen LogP contribution in [0.2, 0.25) is 0 Å². The molecule has 0 spiro atoms. The van der Waals surface area contributed by atoms with E-state index in [4.69, 9.17) is 0 Å². The van der Waals surface area contributed by atoms with E-state index in [0.29, 0.717) is 0 Å². The third kappa shape index (κ3) is 5.29. The molecule has 0 saturated heterocycles. The SMILES string of the molecule is CC(=O)NOC(F)F. The van der Waals surface area contributed by atoms with Crippen LogP contribution in [-0.2, 0) is 9.63 Å². The van der Waals surface area contributed by atoms with E-state index in [1.54, 1.807) is 0 Å². The number of hydroxylamine groups is 1. The summed E-state index contributed by atoms with van der Waals surface area (Å²) in [7, 11) is 0. The standard InChI is InChI=1S/C3H5F2NO2/c1-2(7)6-8-3(4)5/h3H,1H3,(H,6,7). The van der Waals surface area contributed by atoms with Gasteiger partial charge in [-0.25, -0.2) is 10.3 Å². The first-order chi connectivity index (χ1) is 3.63. The smallest absolute Gasteiger partial charge is 0.273 e. The van der Waals surface area contributed by atoms with Crippen molar-refractivity contribution in [3.8, 4) is 0 Å². The number of hydrogen-bond acceptors (Lipinski definition) is 2. The van der Waals surface area contributed by atoms with Crippen LogP contribution in [0.5, 0.6) is 0 Å². The maximum atomic E-state index is 11.0. The first-order valence-corrected chi connectivity index (χ1v) is 1.83. The first-order valence-electron chi connectivity index (χ1n) is 1.83. The number of carbonyl (C=O) groups is 1. The Morgan fingerprint density at radius 1 is 1.75 bits per heavy atom. The minimum Gasteiger partial charge on any atom is -0.273 e. The van der Waals surface area contributed by atoms with Crippen molar-refractivity contribution in [2.24, 2.45) is 0 Å². The van der Waals surface area contributed by atoms with E-state index < -0.39 is 12.5 Å². The van der Waals surface area contributed by atoms with Crippen molar-refractivity contribution >= 4 is 5.91 Å². The normalized spacial score (nSPS) is 9.50. The van der Waals surface area contributed by atoms with E-state index >= 15 is 0 Å². The predicted octanol–water partition coefficient (Wildman–Crippen LogP) is 0.277. The fourth-order valence-electron chi connectivity index (χ4n) is 0.128. The summed E-state index contributed by atoms with van der Waals surface area (Å²) >= 11 is 0. The van der Waals surface area contributed by atoms with Crippen LogP contribution in [0.25, 0.3) is 0 Å². The average Bonchev–Trinajstić information content (AvgIpc) is 1.61. The molecule has 1 N–H and O–H groups in total. The van der Waals surface area contributed by atoms with E-state index in [-0.39, 0.29) is 0 Å². The van der Waals surface area contributed by atoms with Gasteiger partial charge in [0.15, 0.2) is 0 Å². The number of carbonyl (C=O) groups excluding carboxylic acids is 1. The van der Waals surface area contributed by atoms with Gasteiger partial charge in [0.25, 0.3) is 0 Å². The molecule has 48 valence electrons. The van der Waals surface area contributed by atoms with Crippen LogP contribution in [0.3, 0.4) is 0 Å². The van der Waals surface area contributed by atoms with Crippen LogP contribution in [-0.4, -0.2) is 12.5 Å². The molecule has 0 rings (SSSR count). The molecule has 1 amide bonds. The van der Waals surface area contributed by atoms with Crippen LogP contribution in [0.1, 0.15) is 6.92 Å². The van der Waals surface area contributed by atoms with Gasteiger partial charge in [-0.3, -0.25) is 4.79 Å². The molecule has 0 bridgehead atoms. The van der Waals surface area contributed by atoms with Crippen LogP contribution in [0.15, 0.2) is 0 Å². The summed E-state index contributed by atoms with van der Waals surface area (Å²) < 4.78 is 21.9. The molecule has 0 aliphatic heterocycles. The number of hydrogen-bond donors (Lipinski definition) is 1. The Kier molecular flexibility index (Phi) is 3.02. The van der Waals surface area contributed by atoms with E-state index in [9.17, 15) is 13.6 Å². The van der Waals surface area contributed by atoms with Crippen LogP contribution < -0.4 is 5.48 Å². The maximum absolute atomic E-state index is 11.0. The second-order valence-electron chi connectivity index (χ2n) is 1.04. The van der Waals surface area contributed by atoms with Crippen molar-refractivity contribution in [2.75, 3.05) is 0 Å². The van der Waals surface area contributed by atoms with Gasteiger partial charge in [0.05, 0.1) is 0 Å². The summed E-state index contributed by atoms with van der Waals surface area (Å²) in [6, 6.07) is 0. The Bertz CT molecular complexity index is 85.4. The lowest BCUT2D eigenvalue weighted by Gasteiger charge is -1.98. The Labute approximate surface area is 44.6 Å². The molecule has 0 aliphatic carbocycles. The van der Waals surface area contributed by atoms with Crippen LogP contribution in [0.4, 0.5) is 8.78 Å². The highest BCUT2D eigenvalue weighted by Gasteiger charge is 2.00. The molecule has 0 radical (unpaired) electrons. The average molecular weight is 125 g/mol. The van der Waals surface area contributed by atoms with Gasteiger partial charge in [-0.1, -0.05) is 0 Å². The third-order valence-corrected chi connectivity index (χ3v) is 0.292. The largest absolute Gasteiger partial charge is 0.364 e. The van der Waals surface area contributed by atoms with Gasteiger partial charge in [-0.05, 0) is 0 Å². The minimum atomic E-state index is -2.95. The van der Waals surface area contributed by atoms with Crippen molar-refractivity contribution in [3.05, 3.63) is 0 Å². The summed E-state index contributed by atoms with van der Waals surface area (Å²) in [5, 5.41) is 0. The molecular formula is C3H5F2NO2. The highest BCUT2D eigenvalue weighted by Crippen LogP contribution is 1.88. The van der Waals surface area contributed by atoms with Gasteiger partial charge in [-0.15, -0.1) is 0 Å². The predicted molar refractivity (Wildman–Crippen MR) is 20.9 cm³/mol. The zero-order chi connectivity index (χ0) is 6.57. The lowest BCUT2D eigenvalue weighted by Crippen LogP contribution is -2.22. The first kappa shape index (κ1) is 7.29. The highest BCUT2D eigenvalue weighted by molar-refractivity contribution is 5.71. The van der Waals surface area contributed by atoms with Crippen molar-refractivity contribution in [3.63, 3.8) is 0 Å². The second-order valence-corrected chi connectivity index (χ2v) is 1.04. The van der Waals surface area contributed by atoms with Crippen molar-refractivity contribution in [1.82, 2.24) is 5.48 Å². The van der Waals surface area contributed by atoms with Gasteiger partial charge < -0.3 is 0 Å². The van der Waals surface area contributed by atoms with Gasteiger partial charge in [-0.2, -0.15) is 8.78 Å². The van der Waals surface area contributed by atoms with Gasteiger partial charge in [0, 0.05) is 6.92 Å². The quantitative estimate of drug-likeness (QED) is 0.538.